The first-order chi connectivity index (χ1) is 13.4. The number of nitro benzene ring substituents is 1. The van der Waals surface area contributed by atoms with Crippen LogP contribution in [0.5, 0.6) is 5.75 Å². The Balaban J connectivity index is 1.58. The molecule has 0 amide bonds. The zero-order chi connectivity index (χ0) is 20.0. The van der Waals surface area contributed by atoms with Gasteiger partial charge in [-0.3, -0.25) is 14.8 Å². The maximum atomic E-state index is 12.3. The van der Waals surface area contributed by atoms with Gasteiger partial charge in [0.15, 0.2) is 0 Å². The summed E-state index contributed by atoms with van der Waals surface area (Å²) in [7, 11) is -3.65. The van der Waals surface area contributed by atoms with E-state index < -0.39 is 14.9 Å². The van der Waals surface area contributed by atoms with Gasteiger partial charge < -0.3 is 4.74 Å². The Labute approximate surface area is 162 Å². The molecule has 144 valence electrons. The van der Waals surface area contributed by atoms with Crippen LogP contribution >= 0.6 is 0 Å². The average molecular weight is 398 g/mol. The predicted molar refractivity (Wildman–Crippen MR) is 107 cm³/mol. The Morgan fingerprint density at radius 1 is 0.857 bits per heavy atom. The first kappa shape index (κ1) is 19.4. The van der Waals surface area contributed by atoms with Crippen molar-refractivity contribution in [3.8, 4) is 5.75 Å². The number of hydrogen-bond acceptors (Lipinski definition) is 5. The van der Waals surface area contributed by atoms with E-state index in [-0.39, 0.29) is 11.4 Å². The molecule has 0 unspecified atom stereocenters. The highest BCUT2D eigenvalue weighted by Crippen LogP contribution is 2.20. The van der Waals surface area contributed by atoms with Gasteiger partial charge in [-0.05, 0) is 35.4 Å². The third-order valence-corrected chi connectivity index (χ3v) is 5.14. The fourth-order valence-electron chi connectivity index (χ4n) is 2.51. The normalized spacial score (nSPS) is 11.0. The quantitative estimate of drug-likeness (QED) is 0.455. The molecule has 0 fully saturated rings. The number of nitrogens with zero attached hydrogens (tertiary/aromatic N) is 1. The lowest BCUT2D eigenvalue weighted by atomic mass is 10.2. The van der Waals surface area contributed by atoms with E-state index in [1.165, 1.54) is 24.3 Å². The molecular weight excluding hydrogens is 380 g/mol. The third-order valence-electron chi connectivity index (χ3n) is 3.88. The van der Waals surface area contributed by atoms with E-state index in [1.807, 2.05) is 30.3 Å². The monoisotopic (exact) mass is 398 g/mol. The fourth-order valence-corrected chi connectivity index (χ4v) is 3.71. The summed E-state index contributed by atoms with van der Waals surface area (Å²) >= 11 is 0. The van der Waals surface area contributed by atoms with E-state index in [4.69, 9.17) is 4.74 Å². The lowest BCUT2D eigenvalue weighted by Gasteiger charge is -2.10. The summed E-state index contributed by atoms with van der Waals surface area (Å²) in [6.07, 6.45) is 0. The molecular formula is C20H18N2O5S. The maximum absolute atomic E-state index is 12.3. The number of nitrogens with one attached hydrogen (secondary N) is 1. The Bertz CT molecular complexity index is 1030. The highest BCUT2D eigenvalue weighted by molar-refractivity contribution is 7.91. The average Bonchev–Trinajstić information content (AvgIpc) is 2.68. The fraction of sp³-hybridized carbons (Fsp3) is 0.100. The van der Waals surface area contributed by atoms with Gasteiger partial charge in [0.1, 0.15) is 12.4 Å². The Morgan fingerprint density at radius 2 is 1.50 bits per heavy atom. The van der Waals surface area contributed by atoms with Crippen molar-refractivity contribution < 1.29 is 18.1 Å². The van der Waals surface area contributed by atoms with E-state index in [0.717, 1.165) is 5.56 Å². The second-order valence-corrected chi connectivity index (χ2v) is 7.81. The number of nitro groups is 1. The molecule has 28 heavy (non-hydrogen) atoms. The van der Waals surface area contributed by atoms with Crippen molar-refractivity contribution in [1.82, 2.24) is 0 Å². The summed E-state index contributed by atoms with van der Waals surface area (Å²) in [5, 5.41) is 10.7. The van der Waals surface area contributed by atoms with Crippen molar-refractivity contribution in [3.05, 3.63) is 100 Å². The number of anilines is 1. The van der Waals surface area contributed by atoms with Gasteiger partial charge in [-0.2, -0.15) is 0 Å². The van der Waals surface area contributed by atoms with Crippen molar-refractivity contribution in [2.24, 2.45) is 0 Å². The molecule has 0 saturated carbocycles. The molecule has 0 aromatic heterocycles. The van der Waals surface area contributed by atoms with Gasteiger partial charge in [-0.25, -0.2) is 8.42 Å². The molecule has 7 nitrogen and oxygen atoms in total. The Kier molecular flexibility index (Phi) is 5.90. The molecule has 0 bridgehead atoms. The van der Waals surface area contributed by atoms with Crippen molar-refractivity contribution in [3.63, 3.8) is 0 Å². The van der Waals surface area contributed by atoms with E-state index in [2.05, 4.69) is 4.72 Å². The molecule has 3 rings (SSSR count). The molecule has 0 heterocycles. The van der Waals surface area contributed by atoms with Crippen LogP contribution in [0, 0.1) is 10.1 Å². The molecule has 3 aromatic carbocycles. The second kappa shape index (κ2) is 8.53. The molecule has 0 aliphatic rings. The summed E-state index contributed by atoms with van der Waals surface area (Å²) in [6.45, 7) is 0.423. The molecule has 0 spiro atoms. The second-order valence-electron chi connectivity index (χ2n) is 6.08. The number of sulfonamides is 1. The molecule has 0 atom stereocenters. The molecule has 3 aromatic rings. The van der Waals surface area contributed by atoms with Gasteiger partial charge >= 0.3 is 0 Å². The van der Waals surface area contributed by atoms with Crippen LogP contribution in [0.25, 0.3) is 0 Å². The van der Waals surface area contributed by atoms with E-state index in [0.29, 0.717) is 23.6 Å². The van der Waals surface area contributed by atoms with Crippen LogP contribution in [0.3, 0.4) is 0 Å². The minimum Gasteiger partial charge on any atom is -0.489 e. The summed E-state index contributed by atoms with van der Waals surface area (Å²) in [5.74, 6) is 0.347. The third kappa shape index (κ3) is 5.55. The highest BCUT2D eigenvalue weighted by atomic mass is 32.2. The van der Waals surface area contributed by atoms with Gasteiger partial charge in [0.2, 0.25) is 10.0 Å². The predicted octanol–water partition coefficient (Wildman–Crippen LogP) is 4.12. The topological polar surface area (TPSA) is 98.5 Å². The zero-order valence-corrected chi connectivity index (χ0v) is 15.6. The van der Waals surface area contributed by atoms with E-state index in [9.17, 15) is 18.5 Å². The van der Waals surface area contributed by atoms with E-state index >= 15 is 0 Å². The van der Waals surface area contributed by atoms with Crippen LogP contribution in [-0.2, 0) is 22.4 Å². The molecule has 1 N–H and O–H groups in total. The number of non-ortho nitro benzene ring substituents is 1. The molecule has 0 aliphatic heterocycles. The molecule has 0 aliphatic carbocycles. The Hall–Kier alpha value is -3.39. The number of rotatable bonds is 8. The van der Waals surface area contributed by atoms with Gasteiger partial charge in [-0.1, -0.05) is 42.5 Å². The maximum Gasteiger partial charge on any atom is 0.269 e. The minimum atomic E-state index is -3.65. The van der Waals surface area contributed by atoms with Crippen LogP contribution in [-0.4, -0.2) is 13.3 Å². The zero-order valence-electron chi connectivity index (χ0n) is 14.8. The van der Waals surface area contributed by atoms with Crippen molar-refractivity contribution in [2.45, 2.75) is 12.4 Å². The van der Waals surface area contributed by atoms with Crippen LogP contribution in [0.15, 0.2) is 78.9 Å². The standard InChI is InChI=1S/C20H18N2O5S/c23-22(24)19-10-6-17(7-11-19)15-28(25,26)21-18-8-12-20(13-9-18)27-14-16-4-2-1-3-5-16/h1-13,21H,14-15H2. The number of ether oxygens (including phenoxy) is 1. The first-order valence-corrected chi connectivity index (χ1v) is 10.1. The van der Waals surface area contributed by atoms with Gasteiger partial charge in [0, 0.05) is 17.8 Å². The molecule has 8 heteroatoms. The summed E-state index contributed by atoms with van der Waals surface area (Å²) in [4.78, 5) is 10.1. The molecule has 0 radical (unpaired) electrons. The lowest BCUT2D eigenvalue weighted by molar-refractivity contribution is -0.384. The van der Waals surface area contributed by atoms with Crippen molar-refractivity contribution in [1.29, 1.82) is 0 Å². The smallest absolute Gasteiger partial charge is 0.269 e. The minimum absolute atomic E-state index is 0.0831. The Morgan fingerprint density at radius 3 is 2.11 bits per heavy atom. The van der Waals surface area contributed by atoms with Crippen LogP contribution in [0.1, 0.15) is 11.1 Å². The van der Waals surface area contributed by atoms with Gasteiger partial charge in [0.05, 0.1) is 10.7 Å². The first-order valence-electron chi connectivity index (χ1n) is 8.42. The number of hydrogen-bond donors (Lipinski definition) is 1. The van der Waals surface area contributed by atoms with E-state index in [1.54, 1.807) is 24.3 Å². The van der Waals surface area contributed by atoms with Crippen LogP contribution < -0.4 is 9.46 Å². The van der Waals surface area contributed by atoms with Crippen LogP contribution in [0.2, 0.25) is 0 Å². The molecule has 0 saturated heterocycles. The highest BCUT2D eigenvalue weighted by Gasteiger charge is 2.13. The van der Waals surface area contributed by atoms with Gasteiger partial charge in [-0.15, -0.1) is 0 Å². The van der Waals surface area contributed by atoms with Crippen molar-refractivity contribution >= 4 is 21.4 Å². The van der Waals surface area contributed by atoms with Gasteiger partial charge in [0.25, 0.3) is 5.69 Å². The van der Waals surface area contributed by atoms with Crippen molar-refractivity contribution in [2.75, 3.05) is 4.72 Å². The number of benzene rings is 3. The summed E-state index contributed by atoms with van der Waals surface area (Å²) < 4.78 is 32.8. The lowest BCUT2D eigenvalue weighted by Crippen LogP contribution is -2.15. The summed E-state index contributed by atoms with van der Waals surface area (Å²) in [5.41, 5.74) is 1.82. The largest absolute Gasteiger partial charge is 0.489 e. The van der Waals surface area contributed by atoms with Crippen LogP contribution in [0.4, 0.5) is 11.4 Å². The SMILES string of the molecule is O=[N+]([O-])c1ccc(CS(=O)(=O)Nc2ccc(OCc3ccccc3)cc2)cc1. The summed E-state index contributed by atoms with van der Waals surface area (Å²) in [6, 6.07) is 21.7.